The summed E-state index contributed by atoms with van der Waals surface area (Å²) in [4.78, 5) is 0. The van der Waals surface area contributed by atoms with E-state index in [0.717, 1.165) is 32.4 Å². The van der Waals surface area contributed by atoms with Crippen LogP contribution in [0.3, 0.4) is 0 Å². The quantitative estimate of drug-likeness (QED) is 0.804. The number of nitrogens with two attached hydrogens (primary N) is 1. The molecule has 3 heteroatoms. The number of ether oxygens (including phenoxy) is 1. The Bertz CT molecular complexity index is 401. The Morgan fingerprint density at radius 3 is 2.70 bits per heavy atom. The Balaban J connectivity index is 1.85. The summed E-state index contributed by atoms with van der Waals surface area (Å²) in [6, 6.07) is 10.6. The van der Waals surface area contributed by atoms with Crippen molar-refractivity contribution in [2.24, 2.45) is 5.73 Å². The topological polar surface area (TPSA) is 47.3 Å². The lowest BCUT2D eigenvalue weighted by atomic mass is 9.91. The lowest BCUT2D eigenvalue weighted by Crippen LogP contribution is -2.53. The first-order chi connectivity index (χ1) is 9.55. The number of hydrogen-bond acceptors (Lipinski definition) is 3. The second-order valence-corrected chi connectivity index (χ2v) is 6.51. The molecular formula is C17H28N2O. The Morgan fingerprint density at radius 1 is 1.35 bits per heavy atom. The van der Waals surface area contributed by atoms with Crippen LogP contribution in [0.4, 0.5) is 0 Å². The van der Waals surface area contributed by atoms with E-state index < -0.39 is 0 Å². The van der Waals surface area contributed by atoms with Gasteiger partial charge in [-0.15, -0.1) is 0 Å². The van der Waals surface area contributed by atoms with Gasteiger partial charge in [0.05, 0.1) is 5.60 Å². The van der Waals surface area contributed by atoms with E-state index in [1.165, 1.54) is 12.0 Å². The summed E-state index contributed by atoms with van der Waals surface area (Å²) >= 11 is 0. The van der Waals surface area contributed by atoms with Crippen LogP contribution in [0, 0.1) is 0 Å². The SMILES string of the molecule is CC(CN)(CCc1ccccc1)NCC1(C)CCCO1. The van der Waals surface area contributed by atoms with Crippen molar-refractivity contribution >= 4 is 0 Å². The maximum atomic E-state index is 6.00. The van der Waals surface area contributed by atoms with Crippen LogP contribution in [0.2, 0.25) is 0 Å². The van der Waals surface area contributed by atoms with E-state index >= 15 is 0 Å². The lowest BCUT2D eigenvalue weighted by molar-refractivity contribution is 0.0147. The van der Waals surface area contributed by atoms with Gasteiger partial charge >= 0.3 is 0 Å². The lowest BCUT2D eigenvalue weighted by Gasteiger charge is -2.34. The predicted octanol–water partition coefficient (Wildman–Crippen LogP) is 2.50. The molecule has 1 aromatic rings. The van der Waals surface area contributed by atoms with Crippen molar-refractivity contribution in [1.82, 2.24) is 5.32 Å². The van der Waals surface area contributed by atoms with E-state index in [2.05, 4.69) is 49.5 Å². The third-order valence-corrected chi connectivity index (χ3v) is 4.45. The van der Waals surface area contributed by atoms with E-state index in [4.69, 9.17) is 10.5 Å². The minimum atomic E-state index is -0.0230. The van der Waals surface area contributed by atoms with E-state index in [-0.39, 0.29) is 11.1 Å². The third kappa shape index (κ3) is 4.30. The average molecular weight is 276 g/mol. The van der Waals surface area contributed by atoms with Gasteiger partial charge in [0.25, 0.3) is 0 Å². The van der Waals surface area contributed by atoms with Gasteiger partial charge in [-0.05, 0) is 45.1 Å². The molecule has 3 nitrogen and oxygen atoms in total. The zero-order valence-electron chi connectivity index (χ0n) is 12.8. The number of hydrogen-bond donors (Lipinski definition) is 2. The molecule has 0 aliphatic carbocycles. The molecule has 2 rings (SSSR count). The molecule has 2 unspecified atom stereocenters. The van der Waals surface area contributed by atoms with Gasteiger partial charge in [0.1, 0.15) is 0 Å². The van der Waals surface area contributed by atoms with E-state index in [9.17, 15) is 0 Å². The van der Waals surface area contributed by atoms with Crippen LogP contribution >= 0.6 is 0 Å². The Hall–Kier alpha value is -0.900. The van der Waals surface area contributed by atoms with Crippen LogP contribution in [-0.4, -0.2) is 30.8 Å². The molecule has 1 fully saturated rings. The van der Waals surface area contributed by atoms with Gasteiger partial charge in [-0.25, -0.2) is 0 Å². The smallest absolute Gasteiger partial charge is 0.0779 e. The largest absolute Gasteiger partial charge is 0.374 e. The molecule has 0 amide bonds. The molecule has 0 bridgehead atoms. The molecule has 2 atom stereocenters. The van der Waals surface area contributed by atoms with E-state index in [1.54, 1.807) is 0 Å². The Labute approximate surface area is 122 Å². The fourth-order valence-electron chi connectivity index (χ4n) is 2.70. The third-order valence-electron chi connectivity index (χ3n) is 4.45. The van der Waals surface area contributed by atoms with Gasteiger partial charge in [-0.3, -0.25) is 0 Å². The highest BCUT2D eigenvalue weighted by Gasteiger charge is 2.32. The molecule has 1 heterocycles. The van der Waals surface area contributed by atoms with Crippen LogP contribution in [0.15, 0.2) is 30.3 Å². The number of nitrogens with one attached hydrogen (secondary N) is 1. The molecular weight excluding hydrogens is 248 g/mol. The van der Waals surface area contributed by atoms with Crippen molar-refractivity contribution in [3.05, 3.63) is 35.9 Å². The maximum absolute atomic E-state index is 6.00. The van der Waals surface area contributed by atoms with E-state index in [1.807, 2.05) is 0 Å². The molecule has 3 N–H and O–H groups in total. The molecule has 1 aliphatic rings. The van der Waals surface area contributed by atoms with E-state index in [0.29, 0.717) is 6.54 Å². The monoisotopic (exact) mass is 276 g/mol. The summed E-state index contributed by atoms with van der Waals surface area (Å²) < 4.78 is 5.84. The molecule has 1 aromatic carbocycles. The second-order valence-electron chi connectivity index (χ2n) is 6.51. The standard InChI is InChI=1S/C17H28N2O/c1-16(13-18,11-9-15-7-4-3-5-8-15)19-14-17(2)10-6-12-20-17/h3-5,7-8,19H,6,9-14,18H2,1-2H3. The highest BCUT2D eigenvalue weighted by molar-refractivity contribution is 5.15. The molecule has 20 heavy (non-hydrogen) atoms. The summed E-state index contributed by atoms with van der Waals surface area (Å²) in [5, 5.41) is 3.65. The predicted molar refractivity (Wildman–Crippen MR) is 83.8 cm³/mol. The first kappa shape index (κ1) is 15.5. The maximum Gasteiger partial charge on any atom is 0.0779 e. The van der Waals surface area contributed by atoms with Crippen LogP contribution < -0.4 is 11.1 Å². The number of rotatable bonds is 7. The Kier molecular flexibility index (Phi) is 5.19. The molecule has 0 saturated carbocycles. The van der Waals surface area contributed by atoms with Crippen LogP contribution in [0.5, 0.6) is 0 Å². The van der Waals surface area contributed by atoms with Gasteiger partial charge in [0.2, 0.25) is 0 Å². The normalized spacial score (nSPS) is 25.6. The van der Waals surface area contributed by atoms with Crippen molar-refractivity contribution in [2.45, 2.75) is 50.7 Å². The minimum absolute atomic E-state index is 0.0107. The zero-order valence-corrected chi connectivity index (χ0v) is 12.8. The summed E-state index contributed by atoms with van der Waals surface area (Å²) in [7, 11) is 0. The fourth-order valence-corrected chi connectivity index (χ4v) is 2.70. The Morgan fingerprint density at radius 2 is 2.10 bits per heavy atom. The van der Waals surface area contributed by atoms with Crippen molar-refractivity contribution < 1.29 is 4.74 Å². The zero-order chi connectivity index (χ0) is 14.5. The van der Waals surface area contributed by atoms with Crippen molar-refractivity contribution in [3.63, 3.8) is 0 Å². The van der Waals surface area contributed by atoms with Crippen LogP contribution in [0.25, 0.3) is 0 Å². The second kappa shape index (κ2) is 6.70. The average Bonchev–Trinajstić information content (AvgIpc) is 2.92. The van der Waals surface area contributed by atoms with Gasteiger partial charge in [-0.1, -0.05) is 30.3 Å². The molecule has 112 valence electrons. The van der Waals surface area contributed by atoms with Crippen LogP contribution in [-0.2, 0) is 11.2 Å². The van der Waals surface area contributed by atoms with Gasteiger partial charge in [-0.2, -0.15) is 0 Å². The van der Waals surface area contributed by atoms with Crippen molar-refractivity contribution in [1.29, 1.82) is 0 Å². The van der Waals surface area contributed by atoms with Gasteiger partial charge in [0.15, 0.2) is 0 Å². The first-order valence-corrected chi connectivity index (χ1v) is 7.68. The summed E-state index contributed by atoms with van der Waals surface area (Å²) in [6.07, 6.45) is 4.41. The summed E-state index contributed by atoms with van der Waals surface area (Å²) in [6.45, 7) is 6.84. The van der Waals surface area contributed by atoms with Gasteiger partial charge < -0.3 is 15.8 Å². The number of aryl methyl sites for hydroxylation is 1. The summed E-state index contributed by atoms with van der Waals surface area (Å²) in [5.41, 5.74) is 7.33. The van der Waals surface area contributed by atoms with Crippen LogP contribution in [0.1, 0.15) is 38.7 Å². The highest BCUT2D eigenvalue weighted by Crippen LogP contribution is 2.25. The minimum Gasteiger partial charge on any atom is -0.374 e. The first-order valence-electron chi connectivity index (χ1n) is 7.68. The van der Waals surface area contributed by atoms with Crippen molar-refractivity contribution in [3.8, 4) is 0 Å². The molecule has 0 aromatic heterocycles. The van der Waals surface area contributed by atoms with Crippen molar-refractivity contribution in [2.75, 3.05) is 19.7 Å². The molecule has 1 aliphatic heterocycles. The fraction of sp³-hybridized carbons (Fsp3) is 0.647. The highest BCUT2D eigenvalue weighted by atomic mass is 16.5. The molecule has 1 saturated heterocycles. The van der Waals surface area contributed by atoms with Gasteiger partial charge in [0, 0.05) is 25.2 Å². The number of benzene rings is 1. The summed E-state index contributed by atoms with van der Waals surface area (Å²) in [5.74, 6) is 0. The molecule has 0 radical (unpaired) electrons. The molecule has 0 spiro atoms.